The van der Waals surface area contributed by atoms with Crippen molar-refractivity contribution in [1.29, 1.82) is 0 Å². The zero-order valence-corrected chi connectivity index (χ0v) is 7.75. The Morgan fingerprint density at radius 1 is 1.50 bits per heavy atom. The van der Waals surface area contributed by atoms with E-state index in [1.54, 1.807) is 0 Å². The van der Waals surface area contributed by atoms with Crippen molar-refractivity contribution >= 4 is 5.82 Å². The van der Waals surface area contributed by atoms with Gasteiger partial charge in [-0.3, -0.25) is 9.36 Å². The van der Waals surface area contributed by atoms with Crippen LogP contribution in [-0.2, 0) is 13.0 Å². The minimum atomic E-state index is -0.141. The van der Waals surface area contributed by atoms with E-state index < -0.39 is 0 Å². The second kappa shape index (κ2) is 2.73. The first kappa shape index (κ1) is 7.84. The van der Waals surface area contributed by atoms with Gasteiger partial charge in [0.2, 0.25) is 0 Å². The number of nitrogens with one attached hydrogen (secondary N) is 1. The minimum Gasteiger partial charge on any atom is -0.464 e. The van der Waals surface area contributed by atoms with E-state index in [2.05, 4.69) is 10.3 Å². The molecule has 1 aromatic rings. The van der Waals surface area contributed by atoms with E-state index in [1.807, 2.05) is 4.57 Å². The summed E-state index contributed by atoms with van der Waals surface area (Å²) in [6.07, 6.45) is 1.76. The van der Waals surface area contributed by atoms with Gasteiger partial charge in [-0.15, -0.1) is 0 Å². The molecule has 1 aromatic heterocycles. The van der Waals surface area contributed by atoms with Crippen LogP contribution in [0.2, 0.25) is 0 Å². The summed E-state index contributed by atoms with van der Waals surface area (Å²) in [7, 11) is 0. The van der Waals surface area contributed by atoms with Crippen molar-refractivity contribution in [2.75, 3.05) is 18.5 Å². The molecular formula is C9H11N3O2. The standard InChI is InChI=1S/C9H11N3O2/c13-8-6-2-3-10-7(6)12-4-1-5-14-9(12)11-8/h10H,1-5H2. The Balaban J connectivity index is 2.27. The molecule has 2 aliphatic heterocycles. The molecule has 0 spiro atoms. The van der Waals surface area contributed by atoms with Gasteiger partial charge in [0.25, 0.3) is 5.56 Å². The first-order valence-corrected chi connectivity index (χ1v) is 4.86. The molecule has 3 heterocycles. The van der Waals surface area contributed by atoms with Crippen molar-refractivity contribution < 1.29 is 4.74 Å². The monoisotopic (exact) mass is 193 g/mol. The largest absolute Gasteiger partial charge is 0.464 e. The molecule has 2 aliphatic rings. The van der Waals surface area contributed by atoms with Crippen LogP contribution in [0.1, 0.15) is 12.0 Å². The lowest BCUT2D eigenvalue weighted by Crippen LogP contribution is -2.24. The first-order valence-electron chi connectivity index (χ1n) is 4.86. The number of hydrogen-bond donors (Lipinski definition) is 1. The number of anilines is 1. The highest BCUT2D eigenvalue weighted by Crippen LogP contribution is 2.25. The second-order valence-electron chi connectivity index (χ2n) is 3.56. The molecule has 0 aliphatic carbocycles. The molecule has 74 valence electrons. The van der Waals surface area contributed by atoms with Crippen LogP contribution in [0.5, 0.6) is 6.01 Å². The van der Waals surface area contributed by atoms with Gasteiger partial charge in [-0.1, -0.05) is 0 Å². The van der Waals surface area contributed by atoms with Crippen LogP contribution in [0.25, 0.3) is 0 Å². The van der Waals surface area contributed by atoms with Crippen LogP contribution in [0.15, 0.2) is 4.79 Å². The quantitative estimate of drug-likeness (QED) is 0.629. The van der Waals surface area contributed by atoms with E-state index in [4.69, 9.17) is 4.74 Å². The number of nitrogens with zero attached hydrogens (tertiary/aromatic N) is 2. The zero-order valence-electron chi connectivity index (χ0n) is 7.75. The average Bonchev–Trinajstić information content (AvgIpc) is 2.67. The topological polar surface area (TPSA) is 56.2 Å². The molecule has 5 nitrogen and oxygen atoms in total. The number of aromatic nitrogens is 2. The lowest BCUT2D eigenvalue weighted by Gasteiger charge is -2.21. The van der Waals surface area contributed by atoms with Gasteiger partial charge >= 0.3 is 6.01 Å². The van der Waals surface area contributed by atoms with Crippen LogP contribution in [0.3, 0.4) is 0 Å². The summed E-state index contributed by atoms with van der Waals surface area (Å²) < 4.78 is 7.31. The average molecular weight is 193 g/mol. The van der Waals surface area contributed by atoms with E-state index in [-0.39, 0.29) is 5.56 Å². The van der Waals surface area contributed by atoms with Crippen LogP contribution >= 0.6 is 0 Å². The van der Waals surface area contributed by atoms with Gasteiger partial charge in [0.05, 0.1) is 12.2 Å². The Hall–Kier alpha value is -1.52. The predicted molar refractivity (Wildman–Crippen MR) is 50.8 cm³/mol. The maximum Gasteiger partial charge on any atom is 0.301 e. The predicted octanol–water partition coefficient (Wildman–Crippen LogP) is -0.00620. The van der Waals surface area contributed by atoms with Gasteiger partial charge in [-0.2, -0.15) is 4.98 Å². The normalized spacial score (nSPS) is 18.0. The van der Waals surface area contributed by atoms with E-state index in [9.17, 15) is 4.79 Å². The molecular weight excluding hydrogens is 182 g/mol. The Kier molecular flexibility index (Phi) is 1.53. The van der Waals surface area contributed by atoms with Gasteiger partial charge in [0.15, 0.2) is 0 Å². The highest BCUT2D eigenvalue weighted by Gasteiger charge is 2.23. The van der Waals surface area contributed by atoms with E-state index in [0.29, 0.717) is 12.6 Å². The number of fused-ring (bicyclic) bond motifs is 3. The molecule has 0 atom stereocenters. The Labute approximate surface area is 80.7 Å². The SMILES string of the molecule is O=c1nc2n(c3c1CCN3)CCCO2. The molecule has 0 radical (unpaired) electrons. The third kappa shape index (κ3) is 0.950. The lowest BCUT2D eigenvalue weighted by atomic mass is 10.2. The van der Waals surface area contributed by atoms with Gasteiger partial charge in [-0.05, 0) is 12.8 Å². The van der Waals surface area contributed by atoms with Crippen LogP contribution < -0.4 is 15.6 Å². The van der Waals surface area contributed by atoms with Crippen molar-refractivity contribution in [1.82, 2.24) is 9.55 Å². The van der Waals surface area contributed by atoms with Crippen molar-refractivity contribution in [3.05, 3.63) is 15.9 Å². The molecule has 0 saturated heterocycles. The summed E-state index contributed by atoms with van der Waals surface area (Å²) in [4.78, 5) is 15.5. The second-order valence-corrected chi connectivity index (χ2v) is 3.56. The fourth-order valence-corrected chi connectivity index (χ4v) is 2.01. The maximum absolute atomic E-state index is 11.5. The van der Waals surface area contributed by atoms with E-state index >= 15 is 0 Å². The summed E-state index contributed by atoms with van der Waals surface area (Å²) in [5.74, 6) is 0.916. The molecule has 0 unspecified atom stereocenters. The molecule has 0 amide bonds. The van der Waals surface area contributed by atoms with Gasteiger partial charge in [0, 0.05) is 13.1 Å². The van der Waals surface area contributed by atoms with Gasteiger partial charge in [-0.25, -0.2) is 0 Å². The summed E-state index contributed by atoms with van der Waals surface area (Å²) in [6.45, 7) is 2.37. The summed E-state index contributed by atoms with van der Waals surface area (Å²) >= 11 is 0. The van der Waals surface area contributed by atoms with Crippen LogP contribution in [0.4, 0.5) is 5.82 Å². The summed E-state index contributed by atoms with van der Waals surface area (Å²) in [5, 5.41) is 3.21. The fourth-order valence-electron chi connectivity index (χ4n) is 2.01. The highest BCUT2D eigenvalue weighted by molar-refractivity contribution is 5.50. The van der Waals surface area contributed by atoms with Crippen LogP contribution in [-0.4, -0.2) is 22.7 Å². The highest BCUT2D eigenvalue weighted by atomic mass is 16.5. The lowest BCUT2D eigenvalue weighted by molar-refractivity contribution is 0.226. The Morgan fingerprint density at radius 2 is 2.43 bits per heavy atom. The number of ether oxygens (including phenoxy) is 1. The molecule has 0 saturated carbocycles. The van der Waals surface area contributed by atoms with Gasteiger partial charge in [0.1, 0.15) is 5.82 Å². The number of rotatable bonds is 0. The third-order valence-corrected chi connectivity index (χ3v) is 2.67. The zero-order chi connectivity index (χ0) is 9.54. The molecule has 0 aromatic carbocycles. The van der Waals surface area contributed by atoms with Gasteiger partial charge < -0.3 is 10.1 Å². The first-order chi connectivity index (χ1) is 6.86. The van der Waals surface area contributed by atoms with Crippen molar-refractivity contribution in [2.24, 2.45) is 0 Å². The third-order valence-electron chi connectivity index (χ3n) is 2.67. The molecule has 14 heavy (non-hydrogen) atoms. The van der Waals surface area contributed by atoms with E-state index in [0.717, 1.165) is 37.3 Å². The van der Waals surface area contributed by atoms with E-state index in [1.165, 1.54) is 0 Å². The molecule has 0 fully saturated rings. The molecule has 5 heteroatoms. The molecule has 1 N–H and O–H groups in total. The fraction of sp³-hybridized carbons (Fsp3) is 0.556. The minimum absolute atomic E-state index is 0.141. The summed E-state index contributed by atoms with van der Waals surface area (Å²) in [6, 6.07) is 0.467. The molecule has 0 bridgehead atoms. The van der Waals surface area contributed by atoms with Crippen molar-refractivity contribution in [3.63, 3.8) is 0 Å². The van der Waals surface area contributed by atoms with Crippen LogP contribution in [0, 0.1) is 0 Å². The Bertz CT molecular complexity index is 438. The van der Waals surface area contributed by atoms with Crippen molar-refractivity contribution in [3.8, 4) is 6.01 Å². The van der Waals surface area contributed by atoms with Crippen molar-refractivity contribution in [2.45, 2.75) is 19.4 Å². The maximum atomic E-state index is 11.5. The Morgan fingerprint density at radius 3 is 3.36 bits per heavy atom. The molecule has 3 rings (SSSR count). The smallest absolute Gasteiger partial charge is 0.301 e. The number of hydrogen-bond acceptors (Lipinski definition) is 4. The summed E-state index contributed by atoms with van der Waals surface area (Å²) in [5.41, 5.74) is 0.664.